The molecule has 8 nitrogen and oxygen atoms in total. The first kappa shape index (κ1) is 19.5. The second-order valence-electron chi connectivity index (χ2n) is 6.70. The third-order valence-corrected chi connectivity index (χ3v) is 5.14. The lowest BCUT2D eigenvalue weighted by Crippen LogP contribution is -2.23. The molecular weight excluding hydrogens is 419 g/mol. The molecule has 4 rings (SSSR count). The predicted molar refractivity (Wildman–Crippen MR) is 109 cm³/mol. The Kier molecular flexibility index (Phi) is 5.29. The summed E-state index contributed by atoms with van der Waals surface area (Å²) in [5.41, 5.74) is 0.952. The van der Waals surface area contributed by atoms with Gasteiger partial charge in [0.15, 0.2) is 0 Å². The molecule has 0 atom stereocenters. The number of ether oxygens (including phenoxy) is 1. The largest absolute Gasteiger partial charge is 0.447 e. The van der Waals surface area contributed by atoms with Crippen molar-refractivity contribution in [2.45, 2.75) is 12.8 Å². The molecule has 10 heteroatoms. The number of nitrogens with one attached hydrogen (secondary N) is 2. The van der Waals surface area contributed by atoms with Crippen molar-refractivity contribution in [3.8, 4) is 0 Å². The third kappa shape index (κ3) is 4.28. The summed E-state index contributed by atoms with van der Waals surface area (Å²) in [5.74, 6) is -0.219. The summed E-state index contributed by atoms with van der Waals surface area (Å²) in [6.45, 7) is 0.654. The maximum absolute atomic E-state index is 12.7. The van der Waals surface area contributed by atoms with Crippen LogP contribution < -0.4 is 15.5 Å². The molecule has 2 heterocycles. The van der Waals surface area contributed by atoms with Gasteiger partial charge in [-0.1, -0.05) is 23.2 Å². The van der Waals surface area contributed by atoms with Gasteiger partial charge in [-0.2, -0.15) is 0 Å². The van der Waals surface area contributed by atoms with Gasteiger partial charge < -0.3 is 15.4 Å². The number of hydrogen-bond donors (Lipinski definition) is 2. The Hall–Kier alpha value is -2.84. The Morgan fingerprint density at radius 1 is 1.14 bits per heavy atom. The minimum Gasteiger partial charge on any atom is -0.447 e. The molecule has 1 aliphatic heterocycles. The zero-order valence-electron chi connectivity index (χ0n) is 15.1. The number of aromatic nitrogens is 1. The van der Waals surface area contributed by atoms with E-state index in [9.17, 15) is 14.4 Å². The topological polar surface area (TPSA) is 101 Å². The Labute approximate surface area is 176 Å². The number of pyridine rings is 1. The molecular formula is C19H16Cl2N4O4. The molecule has 2 N–H and O–H groups in total. The van der Waals surface area contributed by atoms with Gasteiger partial charge in [0.2, 0.25) is 5.91 Å². The minimum atomic E-state index is -0.527. The number of halogens is 2. The minimum absolute atomic E-state index is 0.0408. The number of carbonyl (C=O) groups is 3. The lowest BCUT2D eigenvalue weighted by molar-refractivity contribution is -0.117. The van der Waals surface area contributed by atoms with Crippen molar-refractivity contribution in [1.82, 2.24) is 4.98 Å². The molecule has 0 spiro atoms. The summed E-state index contributed by atoms with van der Waals surface area (Å²) in [5, 5.41) is 5.61. The molecule has 2 aromatic rings. The zero-order valence-corrected chi connectivity index (χ0v) is 16.6. The van der Waals surface area contributed by atoms with Crippen LogP contribution in [0.25, 0.3) is 0 Å². The highest BCUT2D eigenvalue weighted by atomic mass is 35.5. The quantitative estimate of drug-likeness (QED) is 0.741. The van der Waals surface area contributed by atoms with Gasteiger partial charge in [0, 0.05) is 23.9 Å². The van der Waals surface area contributed by atoms with Crippen LogP contribution in [0.15, 0.2) is 30.5 Å². The van der Waals surface area contributed by atoms with E-state index in [-0.39, 0.29) is 34.0 Å². The van der Waals surface area contributed by atoms with Gasteiger partial charge in [0.25, 0.3) is 5.91 Å². The summed E-state index contributed by atoms with van der Waals surface area (Å²) in [4.78, 5) is 41.8. The van der Waals surface area contributed by atoms with Crippen LogP contribution in [0, 0.1) is 5.92 Å². The van der Waals surface area contributed by atoms with Crippen LogP contribution in [0.3, 0.4) is 0 Å². The van der Waals surface area contributed by atoms with Crippen molar-refractivity contribution in [3.63, 3.8) is 0 Å². The lowest BCUT2D eigenvalue weighted by Gasteiger charge is -2.16. The normalized spacial score (nSPS) is 15.8. The highest BCUT2D eigenvalue weighted by Crippen LogP contribution is 2.33. The number of nitrogens with zero attached hydrogens (tertiary/aromatic N) is 2. The number of cyclic esters (lactones) is 1. The van der Waals surface area contributed by atoms with Crippen molar-refractivity contribution in [1.29, 1.82) is 0 Å². The number of benzene rings is 1. The first-order valence-electron chi connectivity index (χ1n) is 8.94. The number of rotatable bonds is 5. The van der Waals surface area contributed by atoms with Crippen molar-refractivity contribution < 1.29 is 19.1 Å². The molecule has 1 aliphatic carbocycles. The van der Waals surface area contributed by atoms with Crippen LogP contribution in [-0.2, 0) is 9.53 Å². The number of carbonyl (C=O) groups excluding carboxylic acids is 3. The molecule has 0 radical (unpaired) electrons. The Bertz CT molecular complexity index is 986. The van der Waals surface area contributed by atoms with Gasteiger partial charge in [-0.05, 0) is 31.0 Å². The lowest BCUT2D eigenvalue weighted by atomic mass is 10.1. The average molecular weight is 435 g/mol. The fourth-order valence-electron chi connectivity index (χ4n) is 2.90. The van der Waals surface area contributed by atoms with Crippen LogP contribution in [0.5, 0.6) is 0 Å². The van der Waals surface area contributed by atoms with Crippen LogP contribution in [0.4, 0.5) is 22.0 Å². The van der Waals surface area contributed by atoms with Crippen LogP contribution in [0.1, 0.15) is 23.2 Å². The molecule has 0 bridgehead atoms. The second-order valence-corrected chi connectivity index (χ2v) is 7.51. The second kappa shape index (κ2) is 7.88. The number of hydrogen-bond acceptors (Lipinski definition) is 5. The van der Waals surface area contributed by atoms with E-state index in [1.807, 2.05) is 0 Å². The molecule has 2 fully saturated rings. The van der Waals surface area contributed by atoms with E-state index in [1.54, 1.807) is 12.1 Å². The summed E-state index contributed by atoms with van der Waals surface area (Å²) in [6.07, 6.45) is 2.74. The van der Waals surface area contributed by atoms with Gasteiger partial charge in [0.05, 0.1) is 27.8 Å². The molecule has 29 heavy (non-hydrogen) atoms. The molecule has 150 valence electrons. The van der Waals surface area contributed by atoms with Crippen LogP contribution in [0.2, 0.25) is 10.0 Å². The standard InChI is InChI=1S/C19H16Cl2N4O4/c20-13-8-12(25-5-6-29-19(25)28)9-14(21)16(13)18(27)23-11-3-4-22-15(7-11)24-17(26)10-1-2-10/h3-4,7-10H,1-2,5-6H2,(H2,22,23,24,26,27). The molecule has 2 aliphatic rings. The Morgan fingerprint density at radius 3 is 2.48 bits per heavy atom. The van der Waals surface area contributed by atoms with Crippen LogP contribution >= 0.6 is 23.2 Å². The van der Waals surface area contributed by atoms with Gasteiger partial charge in [0.1, 0.15) is 12.4 Å². The third-order valence-electron chi connectivity index (χ3n) is 4.54. The first-order chi connectivity index (χ1) is 13.9. The van der Waals surface area contributed by atoms with Crippen molar-refractivity contribution >= 4 is 58.3 Å². The van der Waals surface area contributed by atoms with E-state index in [2.05, 4.69) is 15.6 Å². The summed E-state index contributed by atoms with van der Waals surface area (Å²) >= 11 is 12.5. The monoisotopic (exact) mass is 434 g/mol. The van der Waals surface area contributed by atoms with Crippen molar-refractivity contribution in [2.24, 2.45) is 5.92 Å². The van der Waals surface area contributed by atoms with Gasteiger partial charge in [-0.25, -0.2) is 9.78 Å². The maximum atomic E-state index is 12.7. The number of anilines is 3. The van der Waals surface area contributed by atoms with E-state index in [0.717, 1.165) is 12.8 Å². The predicted octanol–water partition coefficient (Wildman–Crippen LogP) is 3.95. The molecule has 3 amide bonds. The Balaban J connectivity index is 1.51. The molecule has 1 saturated carbocycles. The highest BCUT2D eigenvalue weighted by molar-refractivity contribution is 6.41. The van der Waals surface area contributed by atoms with E-state index < -0.39 is 12.0 Å². The van der Waals surface area contributed by atoms with Crippen molar-refractivity contribution in [3.05, 3.63) is 46.1 Å². The molecule has 0 unspecified atom stereocenters. The van der Waals surface area contributed by atoms with Crippen molar-refractivity contribution in [2.75, 3.05) is 28.7 Å². The highest BCUT2D eigenvalue weighted by Gasteiger charge is 2.30. The Morgan fingerprint density at radius 2 is 1.86 bits per heavy atom. The van der Waals surface area contributed by atoms with Gasteiger partial charge in [-0.15, -0.1) is 0 Å². The summed E-state index contributed by atoms with van der Waals surface area (Å²) < 4.78 is 4.90. The number of amides is 3. The zero-order chi connectivity index (χ0) is 20.5. The fourth-order valence-corrected chi connectivity index (χ4v) is 3.55. The van der Waals surface area contributed by atoms with Crippen LogP contribution in [-0.4, -0.2) is 36.0 Å². The SMILES string of the molecule is O=C(Nc1ccnc(NC(=O)C2CC2)c1)c1c(Cl)cc(N2CCOC2=O)cc1Cl. The van der Waals surface area contributed by atoms with E-state index >= 15 is 0 Å². The van der Waals surface area contributed by atoms with E-state index in [1.165, 1.54) is 23.2 Å². The molecule has 1 saturated heterocycles. The van der Waals surface area contributed by atoms with E-state index in [4.69, 9.17) is 27.9 Å². The smallest absolute Gasteiger partial charge is 0.414 e. The molecule has 1 aromatic carbocycles. The van der Waals surface area contributed by atoms with Gasteiger partial charge >= 0.3 is 6.09 Å². The fraction of sp³-hybridized carbons (Fsp3) is 0.263. The molecule has 1 aromatic heterocycles. The first-order valence-corrected chi connectivity index (χ1v) is 9.69. The maximum Gasteiger partial charge on any atom is 0.414 e. The summed E-state index contributed by atoms with van der Waals surface area (Å²) in [6, 6.07) is 6.11. The van der Waals surface area contributed by atoms with E-state index in [0.29, 0.717) is 23.7 Å². The average Bonchev–Trinajstić information content (AvgIpc) is 3.43. The summed E-state index contributed by atoms with van der Waals surface area (Å²) in [7, 11) is 0. The van der Waals surface area contributed by atoms with Gasteiger partial charge in [-0.3, -0.25) is 14.5 Å².